The summed E-state index contributed by atoms with van der Waals surface area (Å²) in [4.78, 5) is 30.9. The lowest BCUT2D eigenvalue weighted by Crippen LogP contribution is -2.33. The van der Waals surface area contributed by atoms with Crippen molar-refractivity contribution in [3.63, 3.8) is 0 Å². The minimum atomic E-state index is -0.451. The van der Waals surface area contributed by atoms with E-state index in [0.29, 0.717) is 12.1 Å². The van der Waals surface area contributed by atoms with Gasteiger partial charge in [0.2, 0.25) is 5.91 Å². The van der Waals surface area contributed by atoms with Crippen LogP contribution in [0.2, 0.25) is 0 Å². The quantitative estimate of drug-likeness (QED) is 0.193. The smallest absolute Gasteiger partial charge is 0.358 e. The Kier molecular flexibility index (Phi) is 10.4. The largest absolute Gasteiger partial charge is 0.458 e. The number of aromatic nitrogens is 1. The summed E-state index contributed by atoms with van der Waals surface area (Å²) in [5, 5.41) is 12.2. The van der Waals surface area contributed by atoms with Crippen molar-refractivity contribution in [1.29, 1.82) is 0 Å². The lowest BCUT2D eigenvalue weighted by molar-refractivity contribution is -0.117. The number of anilines is 1. The summed E-state index contributed by atoms with van der Waals surface area (Å²) in [5.74, 6) is 0.575. The number of thiazole rings is 1. The molecule has 2 atom stereocenters. The van der Waals surface area contributed by atoms with Crippen LogP contribution in [0, 0.1) is 0 Å². The summed E-state index contributed by atoms with van der Waals surface area (Å²) in [5.41, 5.74) is 2.16. The van der Waals surface area contributed by atoms with Crippen molar-refractivity contribution in [3.05, 3.63) is 40.9 Å². The zero-order chi connectivity index (χ0) is 24.5. The highest BCUT2D eigenvalue weighted by Crippen LogP contribution is 2.32. The fourth-order valence-corrected chi connectivity index (χ4v) is 6.04. The molecule has 1 fully saturated rings. The third-order valence-electron chi connectivity index (χ3n) is 5.92. The first-order valence-corrected chi connectivity index (χ1v) is 14.1. The molecule has 1 aliphatic rings. The Labute approximate surface area is 211 Å². The van der Waals surface area contributed by atoms with Crippen molar-refractivity contribution < 1.29 is 19.4 Å². The van der Waals surface area contributed by atoms with Gasteiger partial charge in [-0.25, -0.2) is 9.78 Å². The van der Waals surface area contributed by atoms with Crippen LogP contribution in [0.1, 0.15) is 94.3 Å². The third kappa shape index (κ3) is 7.55. The zero-order valence-corrected chi connectivity index (χ0v) is 22.0. The molecule has 1 N–H and O–H groups in total. The number of hydrogen-bond acceptors (Lipinski definition) is 7. The van der Waals surface area contributed by atoms with Gasteiger partial charge in [-0.3, -0.25) is 4.79 Å². The Morgan fingerprint density at radius 3 is 2.74 bits per heavy atom. The van der Waals surface area contributed by atoms with Gasteiger partial charge in [0.15, 0.2) is 10.0 Å². The monoisotopic (exact) mass is 504 g/mol. The lowest BCUT2D eigenvalue weighted by Gasteiger charge is -2.25. The van der Waals surface area contributed by atoms with Crippen molar-refractivity contribution in [3.8, 4) is 0 Å². The molecular formula is C26H36N2O4S2. The van der Waals surface area contributed by atoms with E-state index >= 15 is 0 Å². The Bertz CT molecular complexity index is 929. The van der Waals surface area contributed by atoms with Crippen molar-refractivity contribution in [1.82, 2.24) is 4.98 Å². The van der Waals surface area contributed by atoms with Crippen LogP contribution in [0.25, 0.3) is 0 Å². The maximum absolute atomic E-state index is 12.6. The van der Waals surface area contributed by atoms with E-state index in [9.17, 15) is 14.7 Å². The fourth-order valence-electron chi connectivity index (χ4n) is 4.13. The Hall–Kier alpha value is -1.90. The van der Waals surface area contributed by atoms with E-state index in [0.717, 1.165) is 53.4 Å². The summed E-state index contributed by atoms with van der Waals surface area (Å²) < 4.78 is 6.04. The number of aliphatic hydroxyl groups excluding tert-OH is 1. The number of nitrogens with zero attached hydrogens (tertiary/aromatic N) is 2. The summed E-state index contributed by atoms with van der Waals surface area (Å²) in [6.07, 6.45) is 6.97. The predicted octanol–water partition coefficient (Wildman–Crippen LogP) is 6.39. The number of ether oxygens (including phenoxy) is 1. The molecule has 1 unspecified atom stereocenters. The van der Waals surface area contributed by atoms with Gasteiger partial charge in [0.05, 0.1) is 12.2 Å². The van der Waals surface area contributed by atoms with Crippen LogP contribution in [-0.2, 0) is 9.53 Å². The van der Waals surface area contributed by atoms with Gasteiger partial charge in [0.25, 0.3) is 0 Å². The molecule has 1 aliphatic heterocycles. The second-order valence-electron chi connectivity index (χ2n) is 9.00. The van der Waals surface area contributed by atoms with E-state index in [1.165, 1.54) is 24.2 Å². The van der Waals surface area contributed by atoms with Gasteiger partial charge >= 0.3 is 5.97 Å². The highest BCUT2D eigenvalue weighted by atomic mass is 32.2. The highest BCUT2D eigenvalue weighted by Gasteiger charge is 2.32. The van der Waals surface area contributed by atoms with E-state index in [4.69, 9.17) is 4.74 Å². The number of carbonyl (C=O) groups excluding carboxylic acids is 2. The number of rotatable bonds is 13. The standard InChI is InChI=1S/C26H36N2O4S2/c1-4-5-6-7-8-23(29)19-9-11-20(12-10-19)28-21(13-14-24(28)30)15-16-33-26-27-22(17-34-26)25(31)32-18(2)3/h9-12,17-18,21,23,29H,4-8,13-16H2,1-3H3/t21-,23?/m1/s1. The number of esters is 1. The lowest BCUT2D eigenvalue weighted by atomic mass is 10.0. The molecule has 34 heavy (non-hydrogen) atoms. The van der Waals surface area contributed by atoms with E-state index in [-0.39, 0.29) is 24.0 Å². The first-order chi connectivity index (χ1) is 16.4. The predicted molar refractivity (Wildman–Crippen MR) is 139 cm³/mol. The molecule has 0 bridgehead atoms. The number of thioether (sulfide) groups is 1. The molecule has 6 nitrogen and oxygen atoms in total. The summed E-state index contributed by atoms with van der Waals surface area (Å²) in [7, 11) is 0. The highest BCUT2D eigenvalue weighted by molar-refractivity contribution is 8.01. The zero-order valence-electron chi connectivity index (χ0n) is 20.4. The van der Waals surface area contributed by atoms with Crippen LogP contribution in [-0.4, -0.2) is 39.9 Å². The molecule has 3 rings (SSSR count). The van der Waals surface area contributed by atoms with Crippen LogP contribution < -0.4 is 4.90 Å². The minimum absolute atomic E-state index is 0.148. The van der Waals surface area contributed by atoms with Gasteiger partial charge in [-0.05, 0) is 50.8 Å². The Morgan fingerprint density at radius 1 is 1.26 bits per heavy atom. The summed E-state index contributed by atoms with van der Waals surface area (Å²) in [6.45, 7) is 5.82. The van der Waals surface area contributed by atoms with E-state index in [1.54, 1.807) is 17.1 Å². The Balaban J connectivity index is 1.52. The molecule has 1 amide bonds. The molecule has 1 aromatic carbocycles. The van der Waals surface area contributed by atoms with E-state index in [1.807, 2.05) is 43.0 Å². The minimum Gasteiger partial charge on any atom is -0.458 e. The van der Waals surface area contributed by atoms with Crippen LogP contribution in [0.4, 0.5) is 5.69 Å². The average molecular weight is 505 g/mol. The van der Waals surface area contributed by atoms with Crippen molar-refractivity contribution in [2.75, 3.05) is 10.7 Å². The van der Waals surface area contributed by atoms with Gasteiger partial charge in [-0.2, -0.15) is 0 Å². The molecule has 2 heterocycles. The van der Waals surface area contributed by atoms with Crippen molar-refractivity contribution >= 4 is 40.7 Å². The van der Waals surface area contributed by atoms with Gasteiger partial charge in [0, 0.05) is 29.3 Å². The number of carbonyl (C=O) groups is 2. The number of unbranched alkanes of at least 4 members (excludes halogenated alkanes) is 3. The van der Waals surface area contributed by atoms with Crippen LogP contribution in [0.5, 0.6) is 0 Å². The average Bonchev–Trinajstić information content (AvgIpc) is 3.43. The molecule has 2 aromatic rings. The molecule has 0 saturated carbocycles. The first-order valence-electron chi connectivity index (χ1n) is 12.3. The van der Waals surface area contributed by atoms with Gasteiger partial charge in [-0.15, -0.1) is 11.3 Å². The molecule has 186 valence electrons. The number of hydrogen-bond donors (Lipinski definition) is 1. The normalized spacial score (nSPS) is 16.9. The molecular weight excluding hydrogens is 468 g/mol. The fraction of sp³-hybridized carbons (Fsp3) is 0.577. The SMILES string of the molecule is CCCCCCC(O)c1ccc(N2C(=O)CC[C@@H]2CCSc2nc(C(=O)OC(C)C)cs2)cc1. The van der Waals surface area contributed by atoms with Crippen LogP contribution >= 0.6 is 23.1 Å². The summed E-state index contributed by atoms with van der Waals surface area (Å²) in [6, 6.07) is 7.97. The maximum atomic E-state index is 12.6. The molecule has 8 heteroatoms. The molecule has 1 aromatic heterocycles. The van der Waals surface area contributed by atoms with Crippen LogP contribution in [0.3, 0.4) is 0 Å². The number of benzene rings is 1. The molecule has 0 radical (unpaired) electrons. The maximum Gasteiger partial charge on any atom is 0.358 e. The topological polar surface area (TPSA) is 79.7 Å². The molecule has 0 aliphatic carbocycles. The first kappa shape index (κ1) is 26.7. The second kappa shape index (κ2) is 13.3. The number of aliphatic hydroxyl groups is 1. The summed E-state index contributed by atoms with van der Waals surface area (Å²) >= 11 is 3.05. The van der Waals surface area contributed by atoms with Crippen molar-refractivity contribution in [2.24, 2.45) is 0 Å². The number of amides is 1. The van der Waals surface area contributed by atoms with Crippen molar-refractivity contribution in [2.45, 2.75) is 94.7 Å². The van der Waals surface area contributed by atoms with Gasteiger partial charge in [0.1, 0.15) is 0 Å². The van der Waals surface area contributed by atoms with Gasteiger partial charge in [-0.1, -0.05) is 56.5 Å². The second-order valence-corrected chi connectivity index (χ2v) is 11.2. The van der Waals surface area contributed by atoms with E-state index in [2.05, 4.69) is 11.9 Å². The molecule has 0 spiro atoms. The van der Waals surface area contributed by atoms with Crippen LogP contribution in [0.15, 0.2) is 34.0 Å². The Morgan fingerprint density at radius 2 is 2.03 bits per heavy atom. The van der Waals surface area contributed by atoms with Gasteiger partial charge < -0.3 is 14.7 Å². The third-order valence-corrected chi connectivity index (χ3v) is 7.98. The van der Waals surface area contributed by atoms with E-state index < -0.39 is 6.10 Å². The molecule has 1 saturated heterocycles.